The summed E-state index contributed by atoms with van der Waals surface area (Å²) in [7, 11) is 3.43. The van der Waals surface area contributed by atoms with Crippen molar-refractivity contribution in [2.24, 2.45) is 0 Å². The van der Waals surface area contributed by atoms with Gasteiger partial charge in [0, 0.05) is 25.3 Å². The van der Waals surface area contributed by atoms with Crippen LogP contribution in [0.1, 0.15) is 13.3 Å². The van der Waals surface area contributed by atoms with Crippen LogP contribution in [-0.4, -0.2) is 33.2 Å². The first-order valence-electron chi connectivity index (χ1n) is 5.99. The third-order valence-electron chi connectivity index (χ3n) is 2.61. The van der Waals surface area contributed by atoms with Gasteiger partial charge in [-0.05, 0) is 18.6 Å². The monoisotopic (exact) mass is 251 g/mol. The van der Waals surface area contributed by atoms with E-state index in [9.17, 15) is 4.79 Å². The molecule has 0 bridgehead atoms. The molecule has 0 saturated heterocycles. The van der Waals surface area contributed by atoms with Crippen LogP contribution in [0.5, 0.6) is 5.75 Å². The second-order valence-corrected chi connectivity index (χ2v) is 4.13. The molecular formula is C13H21N3O2. The number of likely N-dealkylation sites (N-methyl/N-ethyl adjacent to an activating group) is 1. The average molecular weight is 251 g/mol. The molecule has 1 rings (SSSR count). The highest BCUT2D eigenvalue weighted by Gasteiger charge is 2.09. The first kappa shape index (κ1) is 14.2. The molecule has 0 aliphatic heterocycles. The number of nitrogens with two attached hydrogens (primary N) is 1. The Hall–Kier alpha value is -1.91. The van der Waals surface area contributed by atoms with E-state index in [0.29, 0.717) is 24.5 Å². The zero-order valence-corrected chi connectivity index (χ0v) is 11.2. The number of rotatable bonds is 6. The van der Waals surface area contributed by atoms with E-state index in [4.69, 9.17) is 10.5 Å². The predicted octanol–water partition coefficient (Wildman–Crippen LogP) is 1.24. The lowest BCUT2D eigenvalue weighted by molar-refractivity contribution is -0.119. The summed E-state index contributed by atoms with van der Waals surface area (Å²) in [6, 6.07) is 5.46. The zero-order valence-electron chi connectivity index (χ0n) is 11.2. The molecule has 0 atom stereocenters. The van der Waals surface area contributed by atoms with Gasteiger partial charge in [0.15, 0.2) is 0 Å². The smallest absolute Gasteiger partial charge is 0.239 e. The van der Waals surface area contributed by atoms with E-state index in [1.807, 2.05) is 31.0 Å². The van der Waals surface area contributed by atoms with Crippen LogP contribution >= 0.6 is 0 Å². The van der Waals surface area contributed by atoms with E-state index in [2.05, 4.69) is 5.32 Å². The van der Waals surface area contributed by atoms with E-state index in [1.165, 1.54) is 0 Å². The molecule has 0 spiro atoms. The third kappa shape index (κ3) is 3.84. The molecule has 5 nitrogen and oxygen atoms in total. The first-order chi connectivity index (χ1) is 8.58. The molecule has 0 saturated carbocycles. The Morgan fingerprint density at radius 1 is 1.50 bits per heavy atom. The Labute approximate surface area is 108 Å². The molecule has 3 N–H and O–H groups in total. The number of hydrogen-bond acceptors (Lipinski definition) is 4. The Bertz CT molecular complexity index is 407. The van der Waals surface area contributed by atoms with Crippen LogP contribution in [0, 0.1) is 0 Å². The summed E-state index contributed by atoms with van der Waals surface area (Å²) in [6.07, 6.45) is 0.936. The fourth-order valence-corrected chi connectivity index (χ4v) is 1.56. The van der Waals surface area contributed by atoms with Crippen LogP contribution in [0.3, 0.4) is 0 Å². The highest BCUT2D eigenvalue weighted by Crippen LogP contribution is 2.26. The maximum atomic E-state index is 11.6. The Morgan fingerprint density at radius 3 is 2.83 bits per heavy atom. The van der Waals surface area contributed by atoms with Gasteiger partial charge >= 0.3 is 0 Å². The van der Waals surface area contributed by atoms with Gasteiger partial charge in [0.25, 0.3) is 0 Å². The Kier molecular flexibility index (Phi) is 5.30. The lowest BCUT2D eigenvalue weighted by Gasteiger charge is -2.19. The number of hydrogen-bond donors (Lipinski definition) is 2. The van der Waals surface area contributed by atoms with Crippen molar-refractivity contribution < 1.29 is 9.53 Å². The molecule has 0 aromatic heterocycles. The summed E-state index contributed by atoms with van der Waals surface area (Å²) >= 11 is 0. The Morgan fingerprint density at radius 2 is 2.22 bits per heavy atom. The van der Waals surface area contributed by atoms with Crippen molar-refractivity contribution in [3.8, 4) is 5.75 Å². The highest BCUT2D eigenvalue weighted by molar-refractivity contribution is 5.81. The number of ether oxygens (including phenoxy) is 1. The molecule has 0 radical (unpaired) electrons. The summed E-state index contributed by atoms with van der Waals surface area (Å²) < 4.78 is 5.15. The topological polar surface area (TPSA) is 67.6 Å². The minimum absolute atomic E-state index is 0.00939. The predicted molar refractivity (Wildman–Crippen MR) is 74.0 cm³/mol. The van der Waals surface area contributed by atoms with Gasteiger partial charge in [0.2, 0.25) is 5.91 Å². The molecule has 18 heavy (non-hydrogen) atoms. The summed E-state index contributed by atoms with van der Waals surface area (Å²) in [4.78, 5) is 13.5. The summed E-state index contributed by atoms with van der Waals surface area (Å²) in [5.41, 5.74) is 7.23. The summed E-state index contributed by atoms with van der Waals surface area (Å²) in [5, 5.41) is 2.84. The molecule has 1 aromatic rings. The molecule has 0 aliphatic rings. The lowest BCUT2D eigenvalue weighted by Crippen LogP contribution is -2.35. The number of nitrogens with one attached hydrogen (secondary N) is 1. The minimum Gasteiger partial charge on any atom is -0.495 e. The third-order valence-corrected chi connectivity index (χ3v) is 2.61. The number of nitrogens with zero attached hydrogens (tertiary/aromatic N) is 1. The molecule has 100 valence electrons. The second-order valence-electron chi connectivity index (χ2n) is 4.13. The molecule has 1 amide bonds. The van der Waals surface area contributed by atoms with Crippen molar-refractivity contribution in [2.75, 3.05) is 37.9 Å². The van der Waals surface area contributed by atoms with Crippen LogP contribution in [0.4, 0.5) is 11.4 Å². The van der Waals surface area contributed by atoms with Crippen LogP contribution in [0.2, 0.25) is 0 Å². The number of methoxy groups -OCH3 is 1. The fourth-order valence-electron chi connectivity index (χ4n) is 1.56. The summed E-state index contributed by atoms with van der Waals surface area (Å²) in [6.45, 7) is 3.04. The van der Waals surface area contributed by atoms with Gasteiger partial charge in [-0.15, -0.1) is 0 Å². The molecule has 0 aliphatic carbocycles. The molecule has 5 heteroatoms. The standard InChI is InChI=1S/C13H21N3O2/c1-4-7-15-13(17)9-16(2)10-5-6-11(14)12(8-10)18-3/h5-6,8H,4,7,9,14H2,1-3H3,(H,15,17). The van der Waals surface area contributed by atoms with Crippen molar-refractivity contribution >= 4 is 17.3 Å². The van der Waals surface area contributed by atoms with Crippen LogP contribution in [-0.2, 0) is 4.79 Å². The van der Waals surface area contributed by atoms with E-state index >= 15 is 0 Å². The first-order valence-corrected chi connectivity index (χ1v) is 5.99. The van der Waals surface area contributed by atoms with Gasteiger partial charge in [0.1, 0.15) is 5.75 Å². The SMILES string of the molecule is CCCNC(=O)CN(C)c1ccc(N)c(OC)c1. The van der Waals surface area contributed by atoms with Crippen LogP contribution in [0.15, 0.2) is 18.2 Å². The maximum Gasteiger partial charge on any atom is 0.239 e. The largest absolute Gasteiger partial charge is 0.495 e. The van der Waals surface area contributed by atoms with Gasteiger partial charge in [-0.1, -0.05) is 6.92 Å². The zero-order chi connectivity index (χ0) is 13.5. The van der Waals surface area contributed by atoms with E-state index in [1.54, 1.807) is 13.2 Å². The minimum atomic E-state index is 0.00939. The number of anilines is 2. The molecule has 1 aromatic carbocycles. The highest BCUT2D eigenvalue weighted by atomic mass is 16.5. The quantitative estimate of drug-likeness (QED) is 0.746. The van der Waals surface area contributed by atoms with Gasteiger partial charge < -0.3 is 20.7 Å². The molecular weight excluding hydrogens is 230 g/mol. The molecule has 0 heterocycles. The second kappa shape index (κ2) is 6.74. The number of benzene rings is 1. The van der Waals surface area contributed by atoms with Crippen molar-refractivity contribution in [1.82, 2.24) is 5.32 Å². The van der Waals surface area contributed by atoms with Crippen LogP contribution in [0.25, 0.3) is 0 Å². The van der Waals surface area contributed by atoms with Gasteiger partial charge in [-0.25, -0.2) is 0 Å². The van der Waals surface area contributed by atoms with E-state index in [-0.39, 0.29) is 5.91 Å². The number of amides is 1. The van der Waals surface area contributed by atoms with E-state index < -0.39 is 0 Å². The number of carbonyl (C=O) groups is 1. The fraction of sp³-hybridized carbons (Fsp3) is 0.462. The van der Waals surface area contributed by atoms with Crippen molar-refractivity contribution in [3.63, 3.8) is 0 Å². The van der Waals surface area contributed by atoms with Crippen molar-refractivity contribution in [3.05, 3.63) is 18.2 Å². The van der Waals surface area contributed by atoms with Gasteiger partial charge in [-0.3, -0.25) is 4.79 Å². The van der Waals surface area contributed by atoms with Gasteiger partial charge in [-0.2, -0.15) is 0 Å². The summed E-state index contributed by atoms with van der Waals surface area (Å²) in [5.74, 6) is 0.628. The number of carbonyl (C=O) groups excluding carboxylic acids is 1. The van der Waals surface area contributed by atoms with Gasteiger partial charge in [0.05, 0.1) is 19.3 Å². The molecule has 0 unspecified atom stereocenters. The van der Waals surface area contributed by atoms with E-state index in [0.717, 1.165) is 12.1 Å². The lowest BCUT2D eigenvalue weighted by atomic mass is 10.2. The van der Waals surface area contributed by atoms with Crippen molar-refractivity contribution in [2.45, 2.75) is 13.3 Å². The normalized spacial score (nSPS) is 9.94. The number of nitrogen functional groups attached to an aromatic ring is 1. The molecule has 0 fully saturated rings. The van der Waals surface area contributed by atoms with Crippen molar-refractivity contribution in [1.29, 1.82) is 0 Å². The average Bonchev–Trinajstić information content (AvgIpc) is 2.36. The maximum absolute atomic E-state index is 11.6. The Balaban J connectivity index is 2.66. The van der Waals surface area contributed by atoms with Crippen LogP contribution < -0.4 is 20.7 Å².